The van der Waals surface area contributed by atoms with Gasteiger partial charge in [0.25, 0.3) is 0 Å². The summed E-state index contributed by atoms with van der Waals surface area (Å²) in [6, 6.07) is 13.9. The second-order valence-electron chi connectivity index (χ2n) is 8.16. The minimum atomic E-state index is -0.0541. The number of fused-ring (bicyclic) bond motifs is 1. The minimum absolute atomic E-state index is 0.0541. The number of para-hydroxylation sites is 2. The highest BCUT2D eigenvalue weighted by molar-refractivity contribution is 8.00. The van der Waals surface area contributed by atoms with Crippen LogP contribution in [0.2, 0.25) is 0 Å². The van der Waals surface area contributed by atoms with Crippen molar-refractivity contribution < 1.29 is 9.53 Å². The molecule has 31 heavy (non-hydrogen) atoms. The number of nitrogens with one attached hydrogen (secondary N) is 1. The Balaban J connectivity index is 1.56. The molecule has 2 heterocycles. The number of anilines is 2. The number of morpholine rings is 1. The van der Waals surface area contributed by atoms with Gasteiger partial charge in [-0.25, -0.2) is 9.97 Å². The summed E-state index contributed by atoms with van der Waals surface area (Å²) in [5.41, 5.74) is 4.76. The zero-order chi connectivity index (χ0) is 22.0. The summed E-state index contributed by atoms with van der Waals surface area (Å²) in [6.45, 7) is 9.69. The molecule has 0 radical (unpaired) electrons. The summed E-state index contributed by atoms with van der Waals surface area (Å²) >= 11 is 1.43. The molecule has 1 aromatic heterocycles. The van der Waals surface area contributed by atoms with Crippen LogP contribution in [0.4, 0.5) is 11.5 Å². The molecule has 7 heteroatoms. The Labute approximate surface area is 187 Å². The number of ether oxygens (including phenoxy) is 1. The van der Waals surface area contributed by atoms with Gasteiger partial charge in [-0.2, -0.15) is 0 Å². The molecule has 0 saturated carbocycles. The van der Waals surface area contributed by atoms with Crippen molar-refractivity contribution >= 4 is 40.2 Å². The van der Waals surface area contributed by atoms with Gasteiger partial charge in [-0.3, -0.25) is 4.79 Å². The monoisotopic (exact) mass is 436 g/mol. The van der Waals surface area contributed by atoms with Gasteiger partial charge in [-0.15, -0.1) is 0 Å². The van der Waals surface area contributed by atoms with E-state index in [-0.39, 0.29) is 23.9 Å². The van der Waals surface area contributed by atoms with E-state index in [2.05, 4.69) is 30.1 Å². The van der Waals surface area contributed by atoms with Crippen LogP contribution in [0, 0.1) is 13.8 Å². The lowest BCUT2D eigenvalue weighted by Crippen LogP contribution is -2.46. The number of benzene rings is 2. The van der Waals surface area contributed by atoms with Crippen molar-refractivity contribution in [3.63, 3.8) is 0 Å². The average Bonchev–Trinajstić information content (AvgIpc) is 2.73. The van der Waals surface area contributed by atoms with Crippen LogP contribution in [0.3, 0.4) is 0 Å². The molecule has 1 saturated heterocycles. The first-order valence-electron chi connectivity index (χ1n) is 10.6. The molecule has 1 aliphatic heterocycles. The maximum atomic E-state index is 12.7. The molecule has 3 aromatic rings. The van der Waals surface area contributed by atoms with E-state index in [4.69, 9.17) is 14.7 Å². The summed E-state index contributed by atoms with van der Waals surface area (Å²) in [5, 5.41) is 3.79. The van der Waals surface area contributed by atoms with E-state index in [0.717, 1.165) is 46.2 Å². The first-order valence-corrected chi connectivity index (χ1v) is 11.5. The second kappa shape index (κ2) is 9.24. The summed E-state index contributed by atoms with van der Waals surface area (Å²) in [6.07, 6.45) is 0.227. The third-order valence-corrected chi connectivity index (χ3v) is 6.19. The normalized spacial score (nSPS) is 18.9. The van der Waals surface area contributed by atoms with E-state index in [1.165, 1.54) is 17.3 Å². The highest BCUT2D eigenvalue weighted by Crippen LogP contribution is 2.31. The van der Waals surface area contributed by atoms with Gasteiger partial charge in [0.05, 0.1) is 29.0 Å². The Kier molecular flexibility index (Phi) is 6.43. The highest BCUT2D eigenvalue weighted by Gasteiger charge is 2.26. The van der Waals surface area contributed by atoms with Gasteiger partial charge in [0.2, 0.25) is 5.91 Å². The summed E-state index contributed by atoms with van der Waals surface area (Å²) in [5.74, 6) is 1.04. The van der Waals surface area contributed by atoms with Crippen molar-refractivity contribution in [2.75, 3.05) is 29.1 Å². The number of thioether (sulfide) groups is 1. The third-order valence-electron chi connectivity index (χ3n) is 5.24. The average molecular weight is 437 g/mol. The number of hydrogen-bond donors (Lipinski definition) is 1. The Morgan fingerprint density at radius 2 is 1.77 bits per heavy atom. The van der Waals surface area contributed by atoms with Gasteiger partial charge in [0.1, 0.15) is 5.03 Å². The molecule has 0 aliphatic carbocycles. The number of amides is 1. The summed E-state index contributed by atoms with van der Waals surface area (Å²) in [4.78, 5) is 24.6. The Bertz CT molecular complexity index is 1090. The lowest BCUT2D eigenvalue weighted by Gasteiger charge is -2.36. The first kappa shape index (κ1) is 21.6. The van der Waals surface area contributed by atoms with Gasteiger partial charge < -0.3 is 15.0 Å². The van der Waals surface area contributed by atoms with Crippen LogP contribution in [-0.2, 0) is 9.53 Å². The van der Waals surface area contributed by atoms with Crippen LogP contribution in [0.25, 0.3) is 11.0 Å². The molecular weight excluding hydrogens is 408 g/mol. The van der Waals surface area contributed by atoms with Crippen LogP contribution >= 0.6 is 11.8 Å². The van der Waals surface area contributed by atoms with Crippen molar-refractivity contribution in [2.45, 2.75) is 44.9 Å². The van der Waals surface area contributed by atoms with Gasteiger partial charge >= 0.3 is 0 Å². The SMILES string of the molecule is Cc1ccc(NC(=O)CSc2nc3ccccc3nc2N2CC(C)OC(C)C2)c(C)c1. The Hall–Kier alpha value is -2.64. The summed E-state index contributed by atoms with van der Waals surface area (Å²) < 4.78 is 5.89. The predicted molar refractivity (Wildman–Crippen MR) is 127 cm³/mol. The highest BCUT2D eigenvalue weighted by atomic mass is 32.2. The van der Waals surface area contributed by atoms with Crippen LogP contribution in [0.5, 0.6) is 0 Å². The number of carbonyl (C=O) groups is 1. The second-order valence-corrected chi connectivity index (χ2v) is 9.12. The molecular formula is C24H28N4O2S. The van der Waals surface area contributed by atoms with E-state index < -0.39 is 0 Å². The standard InChI is InChI=1S/C24H28N4O2S/c1-15-9-10-19(16(2)11-15)25-22(29)14-31-24-23(28-12-17(3)30-18(4)13-28)26-20-7-5-6-8-21(20)27-24/h5-11,17-18H,12-14H2,1-4H3,(H,25,29). The number of carbonyl (C=O) groups excluding carboxylic acids is 1. The minimum Gasteiger partial charge on any atom is -0.372 e. The lowest BCUT2D eigenvalue weighted by molar-refractivity contribution is -0.113. The molecule has 2 aromatic carbocycles. The van der Waals surface area contributed by atoms with Gasteiger partial charge in [-0.05, 0) is 51.5 Å². The van der Waals surface area contributed by atoms with Crippen molar-refractivity contribution in [2.24, 2.45) is 0 Å². The molecule has 1 N–H and O–H groups in total. The zero-order valence-electron chi connectivity index (χ0n) is 18.4. The zero-order valence-corrected chi connectivity index (χ0v) is 19.2. The van der Waals surface area contributed by atoms with Crippen LogP contribution in [0.1, 0.15) is 25.0 Å². The molecule has 1 fully saturated rings. The van der Waals surface area contributed by atoms with E-state index in [1.807, 2.05) is 50.2 Å². The predicted octanol–water partition coefficient (Wildman–Crippen LogP) is 4.59. The van der Waals surface area contributed by atoms with Gasteiger partial charge in [0, 0.05) is 18.8 Å². The van der Waals surface area contributed by atoms with E-state index in [0.29, 0.717) is 0 Å². The molecule has 2 atom stereocenters. The van der Waals surface area contributed by atoms with Crippen LogP contribution in [-0.4, -0.2) is 46.9 Å². The molecule has 2 unspecified atom stereocenters. The number of nitrogens with zero attached hydrogens (tertiary/aromatic N) is 3. The van der Waals surface area contributed by atoms with Crippen LogP contribution in [0.15, 0.2) is 47.5 Å². The molecule has 1 amide bonds. The fourth-order valence-electron chi connectivity index (χ4n) is 3.90. The fourth-order valence-corrected chi connectivity index (χ4v) is 4.71. The maximum absolute atomic E-state index is 12.7. The van der Waals surface area contributed by atoms with E-state index in [9.17, 15) is 4.79 Å². The molecule has 1 aliphatic rings. The van der Waals surface area contributed by atoms with Crippen LogP contribution < -0.4 is 10.2 Å². The van der Waals surface area contributed by atoms with E-state index in [1.54, 1.807) is 0 Å². The van der Waals surface area contributed by atoms with Crippen molar-refractivity contribution in [1.29, 1.82) is 0 Å². The van der Waals surface area contributed by atoms with E-state index >= 15 is 0 Å². The van der Waals surface area contributed by atoms with Gasteiger partial charge in [0.15, 0.2) is 5.82 Å². The number of hydrogen-bond acceptors (Lipinski definition) is 6. The topological polar surface area (TPSA) is 67.4 Å². The Morgan fingerprint density at radius 1 is 1.10 bits per heavy atom. The molecule has 0 bridgehead atoms. The lowest BCUT2D eigenvalue weighted by atomic mass is 10.1. The summed E-state index contributed by atoms with van der Waals surface area (Å²) in [7, 11) is 0. The number of aromatic nitrogens is 2. The molecule has 4 rings (SSSR count). The smallest absolute Gasteiger partial charge is 0.234 e. The number of rotatable bonds is 5. The van der Waals surface area contributed by atoms with Crippen molar-refractivity contribution in [3.8, 4) is 0 Å². The molecule has 162 valence electrons. The number of aryl methyl sites for hydroxylation is 2. The van der Waals surface area contributed by atoms with Gasteiger partial charge in [-0.1, -0.05) is 41.6 Å². The Morgan fingerprint density at radius 3 is 2.45 bits per heavy atom. The molecule has 6 nitrogen and oxygen atoms in total. The fraction of sp³-hybridized carbons (Fsp3) is 0.375. The molecule has 0 spiro atoms. The third kappa shape index (κ3) is 5.17. The van der Waals surface area contributed by atoms with Crippen molar-refractivity contribution in [1.82, 2.24) is 9.97 Å². The maximum Gasteiger partial charge on any atom is 0.234 e. The first-order chi connectivity index (χ1) is 14.9. The quantitative estimate of drug-likeness (QED) is 0.590. The largest absolute Gasteiger partial charge is 0.372 e. The van der Waals surface area contributed by atoms with Crippen molar-refractivity contribution in [3.05, 3.63) is 53.6 Å².